The van der Waals surface area contributed by atoms with Gasteiger partial charge in [0.15, 0.2) is 11.5 Å². The molecule has 1 aliphatic heterocycles. The summed E-state index contributed by atoms with van der Waals surface area (Å²) in [7, 11) is 4.98. The van der Waals surface area contributed by atoms with Gasteiger partial charge in [-0.2, -0.15) is 0 Å². The van der Waals surface area contributed by atoms with Crippen LogP contribution in [0.3, 0.4) is 0 Å². The number of hydrogen-bond donors (Lipinski definition) is 0. The summed E-state index contributed by atoms with van der Waals surface area (Å²) in [4.78, 5) is 0. The van der Waals surface area contributed by atoms with E-state index in [1.54, 1.807) is 21.3 Å². The molecule has 0 aromatic heterocycles. The molecule has 0 saturated carbocycles. The minimum Gasteiger partial charge on any atom is -0.496 e. The first-order valence-corrected chi connectivity index (χ1v) is 7.43. The third-order valence-corrected chi connectivity index (χ3v) is 5.68. The Hall–Kier alpha value is -0.680. The summed E-state index contributed by atoms with van der Waals surface area (Å²) in [6, 6.07) is 3.92. The van der Waals surface area contributed by atoms with E-state index in [1.807, 2.05) is 35.7 Å². The van der Waals surface area contributed by atoms with Gasteiger partial charge in [0.05, 0.1) is 25.9 Å². The zero-order valence-corrected chi connectivity index (χ0v) is 11.8. The van der Waals surface area contributed by atoms with Gasteiger partial charge < -0.3 is 14.2 Å². The molecule has 5 heteroatoms. The molecule has 3 nitrogen and oxygen atoms in total. The van der Waals surface area contributed by atoms with Crippen molar-refractivity contribution in [3.8, 4) is 17.2 Å². The van der Waals surface area contributed by atoms with Crippen molar-refractivity contribution in [2.45, 2.75) is 4.58 Å². The molecule has 0 spiro atoms. The number of hydrogen-bond acceptors (Lipinski definition) is 5. The lowest BCUT2D eigenvalue weighted by atomic mass is 10.2. The molecule has 1 aromatic rings. The average molecular weight is 272 g/mol. The lowest BCUT2D eigenvalue weighted by molar-refractivity contribution is 0.348. The van der Waals surface area contributed by atoms with E-state index in [2.05, 4.69) is 0 Å². The number of thioether (sulfide) groups is 2. The Morgan fingerprint density at radius 2 is 1.41 bits per heavy atom. The standard InChI is InChI=1S/C12H16O3S2/c1-13-9-7-11(15-3)10(14-2)6-8(9)12-16-4-5-17-12/h6-7,12H,4-5H2,1-3H3. The van der Waals surface area contributed by atoms with Crippen LogP contribution < -0.4 is 14.2 Å². The Labute approximate surface area is 110 Å². The van der Waals surface area contributed by atoms with E-state index in [1.165, 1.54) is 17.1 Å². The molecule has 2 rings (SSSR count). The second kappa shape index (κ2) is 5.78. The maximum Gasteiger partial charge on any atom is 0.164 e. The van der Waals surface area contributed by atoms with Crippen molar-refractivity contribution in [3.05, 3.63) is 17.7 Å². The molecule has 17 heavy (non-hydrogen) atoms. The summed E-state index contributed by atoms with van der Waals surface area (Å²) in [6.07, 6.45) is 0. The summed E-state index contributed by atoms with van der Waals surface area (Å²) >= 11 is 3.89. The largest absolute Gasteiger partial charge is 0.496 e. The van der Waals surface area contributed by atoms with Crippen molar-refractivity contribution in [1.82, 2.24) is 0 Å². The Morgan fingerprint density at radius 3 is 1.94 bits per heavy atom. The first kappa shape index (κ1) is 12.8. The van der Waals surface area contributed by atoms with Gasteiger partial charge >= 0.3 is 0 Å². The van der Waals surface area contributed by atoms with Crippen LogP contribution in [0.4, 0.5) is 0 Å². The molecule has 94 valence electrons. The molecular weight excluding hydrogens is 256 g/mol. The first-order valence-electron chi connectivity index (χ1n) is 5.33. The summed E-state index contributed by atoms with van der Waals surface area (Å²) in [5.41, 5.74) is 1.18. The van der Waals surface area contributed by atoms with E-state index in [-0.39, 0.29) is 0 Å². The smallest absolute Gasteiger partial charge is 0.164 e. The van der Waals surface area contributed by atoms with Crippen LogP contribution in [0.15, 0.2) is 12.1 Å². The Bertz CT molecular complexity index is 390. The molecule has 0 bridgehead atoms. The zero-order valence-electron chi connectivity index (χ0n) is 10.2. The molecule has 1 aliphatic rings. The highest BCUT2D eigenvalue weighted by Gasteiger charge is 2.24. The van der Waals surface area contributed by atoms with Gasteiger partial charge in [0.2, 0.25) is 0 Å². The third kappa shape index (κ3) is 2.60. The van der Waals surface area contributed by atoms with E-state index in [0.29, 0.717) is 10.3 Å². The Morgan fingerprint density at radius 1 is 0.882 bits per heavy atom. The number of rotatable bonds is 4. The monoisotopic (exact) mass is 272 g/mol. The summed E-state index contributed by atoms with van der Waals surface area (Å²) < 4.78 is 16.5. The van der Waals surface area contributed by atoms with Crippen molar-refractivity contribution in [2.75, 3.05) is 32.8 Å². The Kier molecular flexibility index (Phi) is 4.34. The molecule has 0 radical (unpaired) electrons. The van der Waals surface area contributed by atoms with Crippen molar-refractivity contribution in [1.29, 1.82) is 0 Å². The van der Waals surface area contributed by atoms with Crippen LogP contribution in [0.1, 0.15) is 10.1 Å². The van der Waals surface area contributed by atoms with Crippen LogP contribution in [0, 0.1) is 0 Å². The van der Waals surface area contributed by atoms with Crippen LogP contribution in [-0.2, 0) is 0 Å². The fourth-order valence-electron chi connectivity index (χ4n) is 1.78. The predicted octanol–water partition coefficient (Wildman–Crippen LogP) is 3.19. The lowest BCUT2D eigenvalue weighted by Crippen LogP contribution is -1.97. The van der Waals surface area contributed by atoms with Crippen molar-refractivity contribution in [2.24, 2.45) is 0 Å². The maximum atomic E-state index is 5.44. The normalized spacial score (nSPS) is 15.9. The van der Waals surface area contributed by atoms with E-state index in [4.69, 9.17) is 14.2 Å². The van der Waals surface area contributed by atoms with E-state index in [9.17, 15) is 0 Å². The molecule has 0 atom stereocenters. The first-order chi connectivity index (χ1) is 8.30. The highest BCUT2D eigenvalue weighted by atomic mass is 32.2. The van der Waals surface area contributed by atoms with Crippen molar-refractivity contribution in [3.63, 3.8) is 0 Å². The number of methoxy groups -OCH3 is 3. The average Bonchev–Trinajstić information content (AvgIpc) is 2.90. The lowest BCUT2D eigenvalue weighted by Gasteiger charge is -2.17. The van der Waals surface area contributed by atoms with Gasteiger partial charge in [0.25, 0.3) is 0 Å². The van der Waals surface area contributed by atoms with Gasteiger partial charge in [0.1, 0.15) is 5.75 Å². The Balaban J connectivity index is 2.41. The SMILES string of the molecule is COc1cc(OC)c(C2SCCS2)cc1OC. The summed E-state index contributed by atoms with van der Waals surface area (Å²) in [6.45, 7) is 0. The van der Waals surface area contributed by atoms with Gasteiger partial charge in [-0.05, 0) is 6.07 Å². The topological polar surface area (TPSA) is 27.7 Å². The highest BCUT2D eigenvalue weighted by molar-refractivity contribution is 8.19. The molecule has 1 aromatic carbocycles. The van der Waals surface area contributed by atoms with Gasteiger partial charge in [-0.15, -0.1) is 23.5 Å². The van der Waals surface area contributed by atoms with Gasteiger partial charge in [-0.1, -0.05) is 0 Å². The van der Waals surface area contributed by atoms with Gasteiger partial charge in [-0.25, -0.2) is 0 Å². The molecule has 1 saturated heterocycles. The molecule has 1 heterocycles. The van der Waals surface area contributed by atoms with Crippen LogP contribution in [0.5, 0.6) is 17.2 Å². The van der Waals surface area contributed by atoms with Crippen LogP contribution >= 0.6 is 23.5 Å². The maximum absolute atomic E-state index is 5.44. The van der Waals surface area contributed by atoms with Crippen LogP contribution in [-0.4, -0.2) is 32.8 Å². The highest BCUT2D eigenvalue weighted by Crippen LogP contribution is 2.50. The van der Waals surface area contributed by atoms with Crippen LogP contribution in [0.2, 0.25) is 0 Å². The third-order valence-electron chi connectivity index (χ3n) is 2.61. The minimum absolute atomic E-state index is 0.435. The molecule has 0 amide bonds. The zero-order chi connectivity index (χ0) is 12.3. The fourth-order valence-corrected chi connectivity index (χ4v) is 4.66. The summed E-state index contributed by atoms with van der Waals surface area (Å²) in [5.74, 6) is 4.71. The molecule has 0 unspecified atom stereocenters. The molecule has 1 fully saturated rings. The molecule has 0 N–H and O–H groups in total. The van der Waals surface area contributed by atoms with Gasteiger partial charge in [-0.3, -0.25) is 0 Å². The summed E-state index contributed by atoms with van der Waals surface area (Å²) in [5, 5.41) is 0. The van der Waals surface area contributed by atoms with E-state index in [0.717, 1.165) is 11.5 Å². The van der Waals surface area contributed by atoms with Crippen LogP contribution in [0.25, 0.3) is 0 Å². The van der Waals surface area contributed by atoms with E-state index < -0.39 is 0 Å². The van der Waals surface area contributed by atoms with Crippen molar-refractivity contribution >= 4 is 23.5 Å². The quantitative estimate of drug-likeness (QED) is 0.839. The predicted molar refractivity (Wildman–Crippen MR) is 73.8 cm³/mol. The second-order valence-electron chi connectivity index (χ2n) is 3.52. The molecule has 0 aliphatic carbocycles. The number of benzene rings is 1. The minimum atomic E-state index is 0.435. The molecular formula is C12H16O3S2. The fraction of sp³-hybridized carbons (Fsp3) is 0.500. The van der Waals surface area contributed by atoms with Gasteiger partial charge in [0, 0.05) is 23.1 Å². The van der Waals surface area contributed by atoms with Crippen molar-refractivity contribution < 1.29 is 14.2 Å². The van der Waals surface area contributed by atoms with E-state index >= 15 is 0 Å². The number of ether oxygens (including phenoxy) is 3. The second-order valence-corrected chi connectivity index (χ2v) is 6.25.